The van der Waals surface area contributed by atoms with Crippen LogP contribution in [0, 0.1) is 5.92 Å². The maximum atomic E-state index is 13.1. The summed E-state index contributed by atoms with van der Waals surface area (Å²) in [6.45, 7) is 1.23. The second-order valence-electron chi connectivity index (χ2n) is 7.39. The van der Waals surface area contributed by atoms with Crippen LogP contribution in [0.5, 0.6) is 0 Å². The summed E-state index contributed by atoms with van der Waals surface area (Å²) in [4.78, 5) is 32.0. The normalized spacial score (nSPS) is 18.2. The molecule has 2 atom stereocenters. The molecule has 1 aromatic heterocycles. The first-order chi connectivity index (χ1) is 14.6. The molecule has 3 aromatic rings. The number of pyridine rings is 1. The Bertz CT molecular complexity index is 1030. The van der Waals surface area contributed by atoms with Crippen molar-refractivity contribution in [3.8, 4) is 0 Å². The standard InChI is InChI=1S/C24H22ClN3O2/c25-22-11-5-4-10-19(22)24(30)28-15-20(18-8-2-1-3-9-18)21(16-28)23(29)27-14-17-7-6-12-26-13-17/h1-13,20-21H,14-16H2,(H,27,29)/t20-,21-/m1/s1. The van der Waals surface area contributed by atoms with E-state index in [0.717, 1.165) is 11.1 Å². The van der Waals surface area contributed by atoms with E-state index in [0.29, 0.717) is 30.2 Å². The van der Waals surface area contributed by atoms with Gasteiger partial charge in [-0.05, 0) is 29.3 Å². The first-order valence-corrected chi connectivity index (χ1v) is 10.3. The fraction of sp³-hybridized carbons (Fsp3) is 0.208. The Kier molecular flexibility index (Phi) is 6.10. The Morgan fingerprint density at radius 2 is 1.77 bits per heavy atom. The first-order valence-electron chi connectivity index (χ1n) is 9.89. The number of hydrogen-bond acceptors (Lipinski definition) is 3. The Labute approximate surface area is 180 Å². The van der Waals surface area contributed by atoms with E-state index in [1.807, 2.05) is 42.5 Å². The van der Waals surface area contributed by atoms with Crippen LogP contribution < -0.4 is 5.32 Å². The number of carbonyl (C=O) groups is 2. The highest BCUT2D eigenvalue weighted by molar-refractivity contribution is 6.33. The lowest BCUT2D eigenvalue weighted by molar-refractivity contribution is -0.125. The Morgan fingerprint density at radius 1 is 1.00 bits per heavy atom. The van der Waals surface area contributed by atoms with E-state index in [-0.39, 0.29) is 23.7 Å². The van der Waals surface area contributed by atoms with Gasteiger partial charge >= 0.3 is 0 Å². The highest BCUT2D eigenvalue weighted by atomic mass is 35.5. The van der Waals surface area contributed by atoms with Crippen LogP contribution in [-0.4, -0.2) is 34.8 Å². The average molecular weight is 420 g/mol. The molecule has 0 saturated carbocycles. The predicted molar refractivity (Wildman–Crippen MR) is 116 cm³/mol. The number of nitrogens with one attached hydrogen (secondary N) is 1. The molecule has 0 aliphatic carbocycles. The Morgan fingerprint density at radius 3 is 2.50 bits per heavy atom. The summed E-state index contributed by atoms with van der Waals surface area (Å²) < 4.78 is 0. The monoisotopic (exact) mass is 419 g/mol. The molecule has 1 fully saturated rings. The summed E-state index contributed by atoms with van der Waals surface area (Å²) in [5, 5.41) is 3.43. The summed E-state index contributed by atoms with van der Waals surface area (Å²) >= 11 is 6.23. The lowest BCUT2D eigenvalue weighted by Crippen LogP contribution is -2.35. The molecule has 152 valence electrons. The molecular weight excluding hydrogens is 398 g/mol. The molecule has 1 saturated heterocycles. The van der Waals surface area contributed by atoms with Gasteiger partial charge in [0.2, 0.25) is 5.91 Å². The number of benzene rings is 2. The van der Waals surface area contributed by atoms with Crippen molar-refractivity contribution < 1.29 is 9.59 Å². The summed E-state index contributed by atoms with van der Waals surface area (Å²) in [6.07, 6.45) is 3.43. The predicted octanol–water partition coefficient (Wildman–Crippen LogP) is 3.91. The number of nitrogens with zero attached hydrogens (tertiary/aromatic N) is 2. The molecule has 0 bridgehead atoms. The van der Waals surface area contributed by atoms with Crippen molar-refractivity contribution in [3.05, 3.63) is 101 Å². The molecule has 2 aromatic carbocycles. The average Bonchev–Trinajstić information content (AvgIpc) is 3.24. The van der Waals surface area contributed by atoms with Gasteiger partial charge in [0, 0.05) is 37.9 Å². The van der Waals surface area contributed by atoms with Crippen LogP contribution in [-0.2, 0) is 11.3 Å². The summed E-state index contributed by atoms with van der Waals surface area (Å²) in [6, 6.07) is 20.7. The van der Waals surface area contributed by atoms with Crippen LogP contribution in [0.2, 0.25) is 5.02 Å². The molecule has 0 unspecified atom stereocenters. The van der Waals surface area contributed by atoms with Crippen molar-refractivity contribution in [1.82, 2.24) is 15.2 Å². The zero-order valence-corrected chi connectivity index (χ0v) is 17.1. The summed E-state index contributed by atoms with van der Waals surface area (Å²) in [5.41, 5.74) is 2.44. The molecule has 0 radical (unpaired) electrons. The number of hydrogen-bond donors (Lipinski definition) is 1. The second kappa shape index (κ2) is 9.09. The lowest BCUT2D eigenvalue weighted by atomic mass is 9.88. The van der Waals surface area contributed by atoms with Crippen LogP contribution >= 0.6 is 11.6 Å². The van der Waals surface area contributed by atoms with E-state index in [1.54, 1.807) is 41.6 Å². The number of likely N-dealkylation sites (tertiary alicyclic amines) is 1. The van der Waals surface area contributed by atoms with Crippen LogP contribution in [0.1, 0.15) is 27.4 Å². The molecule has 5 nitrogen and oxygen atoms in total. The molecular formula is C24H22ClN3O2. The molecule has 2 heterocycles. The largest absolute Gasteiger partial charge is 0.352 e. The van der Waals surface area contributed by atoms with Gasteiger partial charge in [-0.25, -0.2) is 0 Å². The minimum atomic E-state index is -0.337. The van der Waals surface area contributed by atoms with E-state index < -0.39 is 0 Å². The van der Waals surface area contributed by atoms with E-state index in [4.69, 9.17) is 11.6 Å². The molecule has 1 aliphatic heterocycles. The van der Waals surface area contributed by atoms with E-state index in [2.05, 4.69) is 10.3 Å². The third-order valence-corrected chi connectivity index (χ3v) is 5.79. The van der Waals surface area contributed by atoms with Crippen LogP contribution in [0.3, 0.4) is 0 Å². The number of amides is 2. The van der Waals surface area contributed by atoms with Crippen LogP contribution in [0.15, 0.2) is 79.1 Å². The van der Waals surface area contributed by atoms with Gasteiger partial charge in [0.25, 0.3) is 5.91 Å². The fourth-order valence-electron chi connectivity index (χ4n) is 3.90. The number of rotatable bonds is 5. The van der Waals surface area contributed by atoms with Crippen molar-refractivity contribution in [1.29, 1.82) is 0 Å². The molecule has 2 amide bonds. The van der Waals surface area contributed by atoms with E-state index >= 15 is 0 Å². The van der Waals surface area contributed by atoms with Gasteiger partial charge in [-0.3, -0.25) is 14.6 Å². The molecule has 1 aliphatic rings. The molecule has 6 heteroatoms. The fourth-order valence-corrected chi connectivity index (χ4v) is 4.12. The third kappa shape index (κ3) is 4.36. The smallest absolute Gasteiger partial charge is 0.255 e. The van der Waals surface area contributed by atoms with Crippen LogP contribution in [0.4, 0.5) is 0 Å². The summed E-state index contributed by atoms with van der Waals surface area (Å²) in [5.74, 6) is -0.631. The van der Waals surface area contributed by atoms with Gasteiger partial charge in [0.1, 0.15) is 0 Å². The highest BCUT2D eigenvalue weighted by Crippen LogP contribution is 2.34. The van der Waals surface area contributed by atoms with Crippen molar-refractivity contribution >= 4 is 23.4 Å². The molecule has 4 rings (SSSR count). The number of carbonyl (C=O) groups excluding carboxylic acids is 2. The van der Waals surface area contributed by atoms with Crippen LogP contribution in [0.25, 0.3) is 0 Å². The van der Waals surface area contributed by atoms with Crippen molar-refractivity contribution in [2.45, 2.75) is 12.5 Å². The highest BCUT2D eigenvalue weighted by Gasteiger charge is 2.40. The SMILES string of the molecule is O=C(NCc1cccnc1)[C@@H]1CN(C(=O)c2ccccc2Cl)C[C@@H]1c1ccccc1. The van der Waals surface area contributed by atoms with Crippen molar-refractivity contribution in [3.63, 3.8) is 0 Å². The second-order valence-corrected chi connectivity index (χ2v) is 7.80. The maximum absolute atomic E-state index is 13.1. The Balaban J connectivity index is 1.54. The molecule has 0 spiro atoms. The van der Waals surface area contributed by atoms with Gasteiger partial charge in [-0.15, -0.1) is 0 Å². The van der Waals surface area contributed by atoms with Crippen molar-refractivity contribution in [2.24, 2.45) is 5.92 Å². The van der Waals surface area contributed by atoms with E-state index in [9.17, 15) is 9.59 Å². The number of halogens is 1. The van der Waals surface area contributed by atoms with E-state index in [1.165, 1.54) is 0 Å². The third-order valence-electron chi connectivity index (χ3n) is 5.47. The van der Waals surface area contributed by atoms with Gasteiger partial charge < -0.3 is 10.2 Å². The van der Waals surface area contributed by atoms with Gasteiger partial charge in [0.15, 0.2) is 0 Å². The first kappa shape index (κ1) is 20.1. The lowest BCUT2D eigenvalue weighted by Gasteiger charge is -2.18. The Hall–Kier alpha value is -3.18. The summed E-state index contributed by atoms with van der Waals surface area (Å²) in [7, 11) is 0. The molecule has 1 N–H and O–H groups in total. The van der Waals surface area contributed by atoms with Gasteiger partial charge in [-0.2, -0.15) is 0 Å². The van der Waals surface area contributed by atoms with Gasteiger partial charge in [0.05, 0.1) is 16.5 Å². The minimum Gasteiger partial charge on any atom is -0.352 e. The minimum absolute atomic E-state index is 0.0674. The van der Waals surface area contributed by atoms with Gasteiger partial charge in [-0.1, -0.05) is 60.1 Å². The van der Waals surface area contributed by atoms with Crippen molar-refractivity contribution in [2.75, 3.05) is 13.1 Å². The molecule has 30 heavy (non-hydrogen) atoms. The maximum Gasteiger partial charge on any atom is 0.255 e. The number of aromatic nitrogens is 1. The zero-order valence-electron chi connectivity index (χ0n) is 16.4. The quantitative estimate of drug-likeness (QED) is 0.682. The zero-order chi connectivity index (χ0) is 20.9. The topological polar surface area (TPSA) is 62.3 Å².